The van der Waals surface area contributed by atoms with Crippen molar-refractivity contribution < 1.29 is 12.5 Å². The minimum Gasteiger partial charge on any atom is -0.411 e. The molecule has 15 heavy (non-hydrogen) atoms. The molecule has 0 spiro atoms. The van der Waals surface area contributed by atoms with Crippen LogP contribution in [0.5, 0.6) is 0 Å². The van der Waals surface area contributed by atoms with Crippen LogP contribution < -0.4 is 0 Å². The molecule has 0 aromatic carbocycles. The molecule has 4 heteroatoms. The monoisotopic (exact) mass is 232 g/mol. The molecule has 0 aromatic rings. The summed E-state index contributed by atoms with van der Waals surface area (Å²) in [5.41, 5.74) is -0.761. The van der Waals surface area contributed by atoms with Crippen molar-refractivity contribution in [3.8, 4) is 0 Å². The molecular weight excluding hydrogens is 212 g/mol. The first-order chi connectivity index (χ1) is 6.79. The minimum absolute atomic E-state index is 0.381. The average molecular weight is 232 g/mol. The van der Waals surface area contributed by atoms with E-state index >= 15 is 0 Å². The van der Waals surface area contributed by atoms with Crippen LogP contribution >= 0.6 is 10.9 Å². The molecule has 1 fully saturated rings. The summed E-state index contributed by atoms with van der Waals surface area (Å²) < 4.78 is 17.3. The molecule has 0 N–H and O–H groups in total. The molecule has 1 saturated heterocycles. The molecule has 0 amide bonds. The first-order valence-corrected chi connectivity index (χ1v) is 6.48. The number of hydrogen-bond donors (Lipinski definition) is 0. The van der Waals surface area contributed by atoms with Gasteiger partial charge in [-0.25, -0.2) is 0 Å². The zero-order chi connectivity index (χ0) is 11.7. The van der Waals surface area contributed by atoms with Crippen molar-refractivity contribution in [2.45, 2.75) is 38.9 Å². The van der Waals surface area contributed by atoms with E-state index in [1.807, 2.05) is 27.7 Å². The summed E-state index contributed by atoms with van der Waals surface area (Å²) in [6, 6.07) is 0. The van der Waals surface area contributed by atoms with Crippen LogP contribution in [0.4, 0.5) is 0 Å². The molecule has 3 nitrogen and oxygen atoms in total. The molecular formula is C11H20O3S. The Balaban J connectivity index is 2.96. The Morgan fingerprint density at radius 3 is 1.93 bits per heavy atom. The van der Waals surface area contributed by atoms with Gasteiger partial charge in [0.05, 0.1) is 12.0 Å². The van der Waals surface area contributed by atoms with Gasteiger partial charge in [0.2, 0.25) is 0 Å². The zero-order valence-electron chi connectivity index (χ0n) is 9.91. The van der Waals surface area contributed by atoms with Gasteiger partial charge in [-0.3, -0.25) is 8.37 Å². The molecule has 0 radical (unpaired) electrons. The second kappa shape index (κ2) is 3.85. The van der Waals surface area contributed by atoms with E-state index in [1.54, 1.807) is 6.08 Å². The molecule has 0 atom stereocenters. The topological polar surface area (TPSA) is 27.7 Å². The highest BCUT2D eigenvalue weighted by Gasteiger charge is 2.55. The Morgan fingerprint density at radius 1 is 1.13 bits per heavy atom. The van der Waals surface area contributed by atoms with Gasteiger partial charge in [0, 0.05) is 0 Å². The highest BCUT2D eigenvalue weighted by Crippen LogP contribution is 2.65. The summed E-state index contributed by atoms with van der Waals surface area (Å²) in [4.78, 5) is 0. The average Bonchev–Trinajstić information content (AvgIpc) is 2.18. The van der Waals surface area contributed by atoms with Gasteiger partial charge in [0.25, 0.3) is 0 Å². The van der Waals surface area contributed by atoms with Crippen molar-refractivity contribution in [3.63, 3.8) is 0 Å². The van der Waals surface area contributed by atoms with Crippen molar-refractivity contribution in [2.24, 2.45) is 0 Å². The van der Waals surface area contributed by atoms with E-state index in [4.69, 9.17) is 12.5 Å². The van der Waals surface area contributed by atoms with Crippen molar-refractivity contribution >= 4 is 10.9 Å². The summed E-state index contributed by atoms with van der Waals surface area (Å²) in [6.07, 6.45) is 3.12. The van der Waals surface area contributed by atoms with Gasteiger partial charge in [0.1, 0.15) is 22.1 Å². The Kier molecular flexibility index (Phi) is 3.24. The molecule has 1 heterocycles. The fourth-order valence-electron chi connectivity index (χ4n) is 1.25. The molecule has 88 valence electrons. The smallest absolute Gasteiger partial charge is 0.139 e. The van der Waals surface area contributed by atoms with Gasteiger partial charge in [-0.2, -0.15) is 0 Å². The van der Waals surface area contributed by atoms with Gasteiger partial charge in [-0.05, 0) is 27.7 Å². The van der Waals surface area contributed by atoms with Crippen molar-refractivity contribution in [1.82, 2.24) is 0 Å². The van der Waals surface area contributed by atoms with Crippen LogP contribution in [0.3, 0.4) is 0 Å². The third-order valence-corrected chi connectivity index (χ3v) is 5.07. The lowest BCUT2D eigenvalue weighted by Crippen LogP contribution is -2.41. The highest BCUT2D eigenvalue weighted by atomic mass is 32.3. The molecule has 1 rings (SSSR count). The SMILES string of the molecule is C=CCS1(OC=C)OC(C)(C)C(C)(C)O1. The van der Waals surface area contributed by atoms with Gasteiger partial charge < -0.3 is 4.18 Å². The van der Waals surface area contributed by atoms with Gasteiger partial charge in [0.15, 0.2) is 0 Å². The van der Waals surface area contributed by atoms with Gasteiger partial charge in [-0.15, -0.1) is 6.58 Å². The first kappa shape index (κ1) is 12.6. The van der Waals surface area contributed by atoms with Crippen LogP contribution in [0.25, 0.3) is 0 Å². The summed E-state index contributed by atoms with van der Waals surface area (Å²) >= 11 is 0. The van der Waals surface area contributed by atoms with Crippen LogP contribution in [-0.4, -0.2) is 17.0 Å². The van der Waals surface area contributed by atoms with Crippen LogP contribution in [-0.2, 0) is 12.5 Å². The lowest BCUT2D eigenvalue weighted by atomic mass is 9.90. The fourth-order valence-corrected chi connectivity index (χ4v) is 3.74. The van der Waals surface area contributed by atoms with Gasteiger partial charge in [-0.1, -0.05) is 12.7 Å². The molecule has 0 bridgehead atoms. The maximum absolute atomic E-state index is 5.93. The van der Waals surface area contributed by atoms with E-state index in [1.165, 1.54) is 6.26 Å². The Hall–Kier alpha value is -0.450. The normalized spacial score (nSPS) is 28.0. The first-order valence-electron chi connectivity index (χ1n) is 4.91. The summed E-state index contributed by atoms with van der Waals surface area (Å²) in [6.45, 7) is 15.2. The molecule has 0 saturated carbocycles. The second-order valence-corrected chi connectivity index (χ2v) is 6.44. The van der Waals surface area contributed by atoms with Crippen LogP contribution in [0.2, 0.25) is 0 Å². The second-order valence-electron chi connectivity index (χ2n) is 4.46. The van der Waals surface area contributed by atoms with Gasteiger partial charge >= 0.3 is 0 Å². The van der Waals surface area contributed by atoms with E-state index < -0.39 is 10.9 Å². The highest BCUT2D eigenvalue weighted by molar-refractivity contribution is 8.22. The molecule has 0 aromatic heterocycles. The minimum atomic E-state index is -2.01. The molecule has 0 aliphatic carbocycles. The van der Waals surface area contributed by atoms with E-state index in [-0.39, 0.29) is 11.2 Å². The standard InChI is InChI=1S/C11H20O3S/c1-7-9-15(12-8-2)13-10(3,4)11(5,6)14-15/h7-8H,1-2,9H2,3-6H3. The third kappa shape index (κ3) is 2.22. The predicted octanol–water partition coefficient (Wildman–Crippen LogP) is 3.49. The van der Waals surface area contributed by atoms with Crippen LogP contribution in [0, 0.1) is 0 Å². The lowest BCUT2D eigenvalue weighted by Gasteiger charge is -2.31. The summed E-state index contributed by atoms with van der Waals surface area (Å²) in [7, 11) is -2.01. The van der Waals surface area contributed by atoms with Crippen LogP contribution in [0.1, 0.15) is 27.7 Å². The molecule has 1 aliphatic rings. The predicted molar refractivity (Wildman–Crippen MR) is 64.3 cm³/mol. The lowest BCUT2D eigenvalue weighted by molar-refractivity contribution is 0.00578. The maximum Gasteiger partial charge on any atom is 0.139 e. The summed E-state index contributed by atoms with van der Waals surface area (Å²) in [5, 5.41) is 0. The molecule has 1 aliphatic heterocycles. The van der Waals surface area contributed by atoms with E-state index in [0.717, 1.165) is 0 Å². The third-order valence-electron chi connectivity index (χ3n) is 2.66. The number of hydrogen-bond acceptors (Lipinski definition) is 3. The largest absolute Gasteiger partial charge is 0.411 e. The van der Waals surface area contributed by atoms with Crippen molar-refractivity contribution in [1.29, 1.82) is 0 Å². The summed E-state index contributed by atoms with van der Waals surface area (Å²) in [5.74, 6) is 0.548. The Bertz CT molecular complexity index is 243. The Morgan fingerprint density at radius 2 is 1.60 bits per heavy atom. The van der Waals surface area contributed by atoms with E-state index in [0.29, 0.717) is 5.75 Å². The Labute approximate surface area is 94.0 Å². The van der Waals surface area contributed by atoms with Crippen molar-refractivity contribution in [2.75, 3.05) is 5.75 Å². The molecule has 0 unspecified atom stereocenters. The maximum atomic E-state index is 5.93. The fraction of sp³-hybridized carbons (Fsp3) is 0.636. The van der Waals surface area contributed by atoms with Crippen molar-refractivity contribution in [3.05, 3.63) is 25.5 Å². The number of rotatable bonds is 4. The van der Waals surface area contributed by atoms with E-state index in [9.17, 15) is 0 Å². The quantitative estimate of drug-likeness (QED) is 0.548. The van der Waals surface area contributed by atoms with Crippen LogP contribution in [0.15, 0.2) is 25.5 Å². The van der Waals surface area contributed by atoms with E-state index in [2.05, 4.69) is 13.2 Å². The zero-order valence-corrected chi connectivity index (χ0v) is 10.7.